The van der Waals surface area contributed by atoms with Gasteiger partial charge >= 0.3 is 5.97 Å². The molecule has 1 saturated carbocycles. The number of carbonyl (C=O) groups excluding carboxylic acids is 2. The quantitative estimate of drug-likeness (QED) is 0.635. The van der Waals surface area contributed by atoms with Gasteiger partial charge in [-0.1, -0.05) is 44.4 Å². The molecule has 0 spiro atoms. The number of unbranched alkanes of at least 4 members (excludes halogenated alkanes) is 1. The Morgan fingerprint density at radius 3 is 2.69 bits per heavy atom. The van der Waals surface area contributed by atoms with Crippen LogP contribution in [0.1, 0.15) is 55.9 Å². The molecular formula is C22H29N3O4. The zero-order valence-electron chi connectivity index (χ0n) is 17.0. The van der Waals surface area contributed by atoms with Crippen LogP contribution in [0.5, 0.6) is 0 Å². The van der Waals surface area contributed by atoms with Gasteiger partial charge in [-0.25, -0.2) is 0 Å². The van der Waals surface area contributed by atoms with Crippen LogP contribution in [0.25, 0.3) is 10.9 Å². The van der Waals surface area contributed by atoms with Gasteiger partial charge in [0.25, 0.3) is 5.91 Å². The van der Waals surface area contributed by atoms with Crippen molar-refractivity contribution in [3.05, 3.63) is 36.0 Å². The predicted molar refractivity (Wildman–Crippen MR) is 111 cm³/mol. The topological polar surface area (TPSA) is 100 Å². The SMILES string of the molecule is CCCC[C@H](NC(=O)c1cc2ccccc2n1C)C(=O)N[C@@H]1CCC[C@@H]1C(=O)O. The molecule has 1 fully saturated rings. The molecule has 1 aliphatic carbocycles. The Morgan fingerprint density at radius 1 is 1.24 bits per heavy atom. The van der Waals surface area contributed by atoms with Crippen molar-refractivity contribution >= 4 is 28.7 Å². The zero-order chi connectivity index (χ0) is 21.0. The molecule has 0 unspecified atom stereocenters. The van der Waals surface area contributed by atoms with E-state index in [0.29, 0.717) is 25.0 Å². The second-order valence-electron chi connectivity index (χ2n) is 7.81. The second-order valence-corrected chi connectivity index (χ2v) is 7.81. The van der Waals surface area contributed by atoms with Crippen LogP contribution >= 0.6 is 0 Å². The van der Waals surface area contributed by atoms with Crippen molar-refractivity contribution in [2.45, 2.75) is 57.5 Å². The Bertz CT molecular complexity index is 905. The number of aliphatic carboxylic acids is 1. The molecule has 2 aromatic rings. The third kappa shape index (κ3) is 4.60. The molecule has 0 bridgehead atoms. The van der Waals surface area contributed by atoms with Gasteiger partial charge in [0.05, 0.1) is 5.92 Å². The summed E-state index contributed by atoms with van der Waals surface area (Å²) in [5, 5.41) is 16.1. The molecule has 29 heavy (non-hydrogen) atoms. The summed E-state index contributed by atoms with van der Waals surface area (Å²) >= 11 is 0. The van der Waals surface area contributed by atoms with Crippen LogP contribution < -0.4 is 10.6 Å². The van der Waals surface area contributed by atoms with E-state index in [1.165, 1.54) is 0 Å². The molecule has 0 radical (unpaired) electrons. The number of nitrogens with one attached hydrogen (secondary N) is 2. The van der Waals surface area contributed by atoms with E-state index in [1.54, 1.807) is 0 Å². The first-order valence-electron chi connectivity index (χ1n) is 10.3. The van der Waals surface area contributed by atoms with Crippen LogP contribution in [0.4, 0.5) is 0 Å². The predicted octanol–water partition coefficient (Wildman–Crippen LogP) is 2.84. The number of fused-ring (bicyclic) bond motifs is 1. The van der Waals surface area contributed by atoms with E-state index in [2.05, 4.69) is 10.6 Å². The molecule has 7 nitrogen and oxygen atoms in total. The Kier molecular flexibility index (Phi) is 6.56. The summed E-state index contributed by atoms with van der Waals surface area (Å²) in [5.74, 6) is -2.04. The van der Waals surface area contributed by atoms with Gasteiger partial charge in [-0.3, -0.25) is 14.4 Å². The number of nitrogens with zero attached hydrogens (tertiary/aromatic N) is 1. The number of rotatable bonds is 8. The highest BCUT2D eigenvalue weighted by Crippen LogP contribution is 2.26. The molecule has 2 amide bonds. The van der Waals surface area contributed by atoms with Crippen LogP contribution in [-0.4, -0.2) is 39.5 Å². The molecule has 0 aliphatic heterocycles. The molecule has 3 atom stereocenters. The number of aryl methyl sites for hydroxylation is 1. The van der Waals surface area contributed by atoms with Crippen molar-refractivity contribution < 1.29 is 19.5 Å². The first-order chi connectivity index (χ1) is 13.9. The average Bonchev–Trinajstić information content (AvgIpc) is 3.30. The minimum absolute atomic E-state index is 0.302. The van der Waals surface area contributed by atoms with E-state index in [4.69, 9.17) is 0 Å². The van der Waals surface area contributed by atoms with Crippen LogP contribution in [0, 0.1) is 5.92 Å². The first kappa shape index (κ1) is 20.9. The maximum absolute atomic E-state index is 12.9. The number of carboxylic acids is 1. The summed E-state index contributed by atoms with van der Waals surface area (Å²) in [5.41, 5.74) is 1.44. The highest BCUT2D eigenvalue weighted by Gasteiger charge is 2.35. The lowest BCUT2D eigenvalue weighted by Gasteiger charge is -2.23. The van der Waals surface area contributed by atoms with E-state index < -0.39 is 17.9 Å². The minimum Gasteiger partial charge on any atom is -0.481 e. The molecule has 0 saturated heterocycles. The molecule has 3 N–H and O–H groups in total. The molecule has 1 aromatic carbocycles. The van der Waals surface area contributed by atoms with Crippen LogP contribution in [0.3, 0.4) is 0 Å². The molecule has 156 valence electrons. The minimum atomic E-state index is -0.877. The number of benzene rings is 1. The van der Waals surface area contributed by atoms with E-state index in [1.807, 2.05) is 48.9 Å². The molecule has 1 heterocycles. The van der Waals surface area contributed by atoms with E-state index in [-0.39, 0.29) is 17.9 Å². The number of amides is 2. The number of hydrogen-bond acceptors (Lipinski definition) is 3. The summed E-state index contributed by atoms with van der Waals surface area (Å²) in [6.07, 6.45) is 4.21. The number of hydrogen-bond donors (Lipinski definition) is 3. The standard InChI is InChI=1S/C22H29N3O4/c1-3-4-10-17(20(26)23-16-11-7-9-15(16)22(28)29)24-21(27)19-13-14-8-5-6-12-18(14)25(19)2/h5-6,8,12-13,15-17H,3-4,7,9-11H2,1-2H3,(H,23,26)(H,24,27)(H,28,29)/t15-,16+,17-/m0/s1. The average molecular weight is 399 g/mol. The lowest BCUT2D eigenvalue weighted by molar-refractivity contribution is -0.142. The lowest BCUT2D eigenvalue weighted by Crippen LogP contribution is -2.51. The second kappa shape index (κ2) is 9.11. The monoisotopic (exact) mass is 399 g/mol. The van der Waals surface area contributed by atoms with E-state index in [0.717, 1.165) is 30.2 Å². The number of para-hydroxylation sites is 1. The lowest BCUT2D eigenvalue weighted by atomic mass is 10.0. The summed E-state index contributed by atoms with van der Waals surface area (Å²) in [4.78, 5) is 37.2. The zero-order valence-corrected chi connectivity index (χ0v) is 17.0. The summed E-state index contributed by atoms with van der Waals surface area (Å²) in [6, 6.07) is 8.48. The Hall–Kier alpha value is -2.83. The van der Waals surface area contributed by atoms with Crippen molar-refractivity contribution in [3.8, 4) is 0 Å². The largest absolute Gasteiger partial charge is 0.481 e. The van der Waals surface area contributed by atoms with Gasteiger partial charge in [-0.15, -0.1) is 0 Å². The van der Waals surface area contributed by atoms with Gasteiger partial charge in [-0.2, -0.15) is 0 Å². The molecular weight excluding hydrogens is 370 g/mol. The first-order valence-corrected chi connectivity index (χ1v) is 10.3. The van der Waals surface area contributed by atoms with Crippen molar-refractivity contribution in [2.24, 2.45) is 13.0 Å². The highest BCUT2D eigenvalue weighted by atomic mass is 16.4. The fourth-order valence-corrected chi connectivity index (χ4v) is 4.13. The molecule has 3 rings (SSSR count). The van der Waals surface area contributed by atoms with E-state index in [9.17, 15) is 19.5 Å². The smallest absolute Gasteiger partial charge is 0.308 e. The van der Waals surface area contributed by atoms with Crippen molar-refractivity contribution in [1.29, 1.82) is 0 Å². The van der Waals surface area contributed by atoms with Crippen LogP contribution in [0.2, 0.25) is 0 Å². The van der Waals surface area contributed by atoms with Crippen molar-refractivity contribution in [2.75, 3.05) is 0 Å². The van der Waals surface area contributed by atoms with Gasteiger partial charge < -0.3 is 20.3 Å². The molecule has 1 aromatic heterocycles. The third-order valence-corrected chi connectivity index (χ3v) is 5.81. The Morgan fingerprint density at radius 2 is 2.00 bits per heavy atom. The summed E-state index contributed by atoms with van der Waals surface area (Å²) in [7, 11) is 1.83. The maximum Gasteiger partial charge on any atom is 0.308 e. The molecule has 7 heteroatoms. The normalized spacial score (nSPS) is 19.8. The number of carbonyl (C=O) groups is 3. The highest BCUT2D eigenvalue weighted by molar-refractivity contribution is 6.00. The third-order valence-electron chi connectivity index (χ3n) is 5.81. The van der Waals surface area contributed by atoms with Gasteiger partial charge in [-0.05, 0) is 31.4 Å². The van der Waals surface area contributed by atoms with E-state index >= 15 is 0 Å². The van der Waals surface area contributed by atoms with Crippen LogP contribution in [0.15, 0.2) is 30.3 Å². The Labute approximate surface area is 170 Å². The summed E-state index contributed by atoms with van der Waals surface area (Å²) in [6.45, 7) is 2.03. The van der Waals surface area contributed by atoms with Crippen molar-refractivity contribution in [3.63, 3.8) is 0 Å². The van der Waals surface area contributed by atoms with Gasteiger partial charge in [0.1, 0.15) is 11.7 Å². The van der Waals surface area contributed by atoms with Gasteiger partial charge in [0.15, 0.2) is 0 Å². The fraction of sp³-hybridized carbons (Fsp3) is 0.500. The Balaban J connectivity index is 1.73. The molecule has 1 aliphatic rings. The van der Waals surface area contributed by atoms with Gasteiger partial charge in [0, 0.05) is 24.0 Å². The number of carboxylic acid groups (broad SMARTS) is 1. The summed E-state index contributed by atoms with van der Waals surface area (Å²) < 4.78 is 1.82. The van der Waals surface area contributed by atoms with Crippen LogP contribution in [-0.2, 0) is 16.6 Å². The maximum atomic E-state index is 12.9. The fourth-order valence-electron chi connectivity index (χ4n) is 4.13. The van der Waals surface area contributed by atoms with Gasteiger partial charge in [0.2, 0.25) is 5.91 Å². The van der Waals surface area contributed by atoms with Crippen molar-refractivity contribution in [1.82, 2.24) is 15.2 Å². The number of aromatic nitrogens is 1.